The highest BCUT2D eigenvalue weighted by molar-refractivity contribution is 7.89. The summed E-state index contributed by atoms with van der Waals surface area (Å²) in [5.41, 5.74) is 3.12. The van der Waals surface area contributed by atoms with Crippen LogP contribution in [0.25, 0.3) is 0 Å². The number of amides is 1. The molecule has 0 atom stereocenters. The van der Waals surface area contributed by atoms with Gasteiger partial charge in [-0.3, -0.25) is 4.79 Å². The highest BCUT2D eigenvalue weighted by Gasteiger charge is 2.20. The molecule has 0 aliphatic carbocycles. The zero-order chi connectivity index (χ0) is 19.3. The fourth-order valence-corrected chi connectivity index (χ4v) is 4.36. The van der Waals surface area contributed by atoms with Crippen molar-refractivity contribution in [2.75, 3.05) is 13.7 Å². The maximum absolute atomic E-state index is 12.6. The van der Waals surface area contributed by atoms with Crippen LogP contribution in [0.4, 0.5) is 0 Å². The van der Waals surface area contributed by atoms with E-state index in [0.29, 0.717) is 16.9 Å². The number of para-hydroxylation sites is 1. The van der Waals surface area contributed by atoms with Gasteiger partial charge in [0, 0.05) is 12.1 Å². The lowest BCUT2D eigenvalue weighted by atomic mass is 10.1. The summed E-state index contributed by atoms with van der Waals surface area (Å²) in [6, 6.07) is 10.9. The standard InChI is InChI=1S/C19H24N2O4S/c1-13-9-14(2)19(15(3)10-13)26(23,24)21-12-18(22)20-11-16-7-5-6-8-17(16)25-4/h5-10,21H,11-12H2,1-4H3,(H,20,22). The molecule has 0 fully saturated rings. The molecule has 7 heteroatoms. The number of carbonyl (C=O) groups is 1. The van der Waals surface area contributed by atoms with Crippen LogP contribution in [0.2, 0.25) is 0 Å². The number of hydrogen-bond donors (Lipinski definition) is 2. The second kappa shape index (κ2) is 8.33. The number of ether oxygens (including phenoxy) is 1. The Morgan fingerprint density at radius 1 is 1.08 bits per heavy atom. The smallest absolute Gasteiger partial charge is 0.241 e. The van der Waals surface area contributed by atoms with Crippen molar-refractivity contribution in [3.63, 3.8) is 0 Å². The van der Waals surface area contributed by atoms with Crippen molar-refractivity contribution in [3.05, 3.63) is 58.7 Å². The molecule has 0 bridgehead atoms. The molecule has 0 radical (unpaired) electrons. The minimum Gasteiger partial charge on any atom is -0.496 e. The van der Waals surface area contributed by atoms with Crippen molar-refractivity contribution in [2.45, 2.75) is 32.2 Å². The van der Waals surface area contributed by atoms with E-state index in [2.05, 4.69) is 10.0 Å². The van der Waals surface area contributed by atoms with Crippen LogP contribution in [0.1, 0.15) is 22.3 Å². The molecular formula is C19H24N2O4S. The molecule has 2 aromatic rings. The Morgan fingerprint density at radius 3 is 2.31 bits per heavy atom. The number of carbonyl (C=O) groups excluding carboxylic acids is 1. The van der Waals surface area contributed by atoms with Crippen molar-refractivity contribution >= 4 is 15.9 Å². The van der Waals surface area contributed by atoms with E-state index in [1.54, 1.807) is 27.0 Å². The molecule has 0 aliphatic rings. The second-order valence-electron chi connectivity index (χ2n) is 6.14. The molecule has 0 spiro atoms. The quantitative estimate of drug-likeness (QED) is 0.776. The van der Waals surface area contributed by atoms with Gasteiger partial charge in [-0.1, -0.05) is 35.9 Å². The Hall–Kier alpha value is -2.38. The number of benzene rings is 2. The van der Waals surface area contributed by atoms with Crippen molar-refractivity contribution in [1.29, 1.82) is 0 Å². The topological polar surface area (TPSA) is 84.5 Å². The molecule has 6 nitrogen and oxygen atoms in total. The summed E-state index contributed by atoms with van der Waals surface area (Å²) < 4.78 is 32.7. The molecule has 0 saturated carbocycles. The van der Waals surface area contributed by atoms with Crippen LogP contribution >= 0.6 is 0 Å². The van der Waals surface area contributed by atoms with Crippen molar-refractivity contribution in [2.24, 2.45) is 0 Å². The molecule has 0 aliphatic heterocycles. The summed E-state index contributed by atoms with van der Waals surface area (Å²) in [6.07, 6.45) is 0. The lowest BCUT2D eigenvalue weighted by Gasteiger charge is -2.13. The average Bonchev–Trinajstić information content (AvgIpc) is 2.57. The minimum atomic E-state index is -3.76. The van der Waals surface area contributed by atoms with Crippen LogP contribution < -0.4 is 14.8 Å². The number of methoxy groups -OCH3 is 1. The predicted octanol–water partition coefficient (Wildman–Crippen LogP) is 2.22. The molecule has 140 valence electrons. The third kappa shape index (κ3) is 4.83. The predicted molar refractivity (Wildman–Crippen MR) is 101 cm³/mol. The van der Waals surface area contributed by atoms with Gasteiger partial charge in [-0.2, -0.15) is 0 Å². The Morgan fingerprint density at radius 2 is 1.69 bits per heavy atom. The van der Waals surface area contributed by atoms with E-state index in [4.69, 9.17) is 4.74 Å². The molecule has 0 aromatic heterocycles. The molecule has 2 N–H and O–H groups in total. The van der Waals surface area contributed by atoms with E-state index in [-0.39, 0.29) is 18.0 Å². The number of nitrogens with one attached hydrogen (secondary N) is 2. The molecule has 2 aromatic carbocycles. The van der Waals surface area contributed by atoms with E-state index >= 15 is 0 Å². The lowest BCUT2D eigenvalue weighted by molar-refractivity contribution is -0.120. The molecule has 0 unspecified atom stereocenters. The van der Waals surface area contributed by atoms with Gasteiger partial charge in [0.25, 0.3) is 0 Å². The molecule has 0 heterocycles. The van der Waals surface area contributed by atoms with Crippen LogP contribution in [0.5, 0.6) is 5.75 Å². The van der Waals surface area contributed by atoms with Crippen LogP contribution in [-0.2, 0) is 21.4 Å². The van der Waals surface area contributed by atoms with Gasteiger partial charge in [0.05, 0.1) is 18.6 Å². The zero-order valence-corrected chi connectivity index (χ0v) is 16.2. The number of hydrogen-bond acceptors (Lipinski definition) is 4. The van der Waals surface area contributed by atoms with Crippen LogP contribution in [0.15, 0.2) is 41.3 Å². The first-order chi connectivity index (χ1) is 12.2. The molecule has 1 amide bonds. The third-order valence-corrected chi connectivity index (χ3v) is 5.67. The Kier molecular flexibility index (Phi) is 6.39. The summed E-state index contributed by atoms with van der Waals surface area (Å²) >= 11 is 0. The summed E-state index contributed by atoms with van der Waals surface area (Å²) in [7, 11) is -2.21. The van der Waals surface area contributed by atoms with E-state index < -0.39 is 15.9 Å². The Balaban J connectivity index is 2.00. The van der Waals surface area contributed by atoms with Gasteiger partial charge in [-0.05, 0) is 38.0 Å². The van der Waals surface area contributed by atoms with Crippen LogP contribution in [0, 0.1) is 20.8 Å². The first-order valence-electron chi connectivity index (χ1n) is 8.20. The Bertz CT molecular complexity index is 885. The van der Waals surface area contributed by atoms with Crippen molar-refractivity contribution < 1.29 is 17.9 Å². The number of sulfonamides is 1. The van der Waals surface area contributed by atoms with Gasteiger partial charge in [-0.25, -0.2) is 13.1 Å². The van der Waals surface area contributed by atoms with Crippen LogP contribution in [0.3, 0.4) is 0 Å². The Labute approximate surface area is 154 Å². The van der Waals surface area contributed by atoms with Gasteiger partial charge >= 0.3 is 0 Å². The maximum atomic E-state index is 12.6. The summed E-state index contributed by atoms with van der Waals surface area (Å²) in [5, 5.41) is 2.69. The van der Waals surface area contributed by atoms with E-state index in [1.165, 1.54) is 0 Å². The first kappa shape index (κ1) is 19.9. The molecule has 2 rings (SSSR count). The highest BCUT2D eigenvalue weighted by atomic mass is 32.2. The largest absolute Gasteiger partial charge is 0.496 e. The van der Waals surface area contributed by atoms with Crippen molar-refractivity contribution in [1.82, 2.24) is 10.0 Å². The summed E-state index contributed by atoms with van der Waals surface area (Å²) in [6.45, 7) is 5.33. The van der Waals surface area contributed by atoms with Gasteiger partial charge in [-0.15, -0.1) is 0 Å². The molecular weight excluding hydrogens is 352 g/mol. The SMILES string of the molecule is COc1ccccc1CNC(=O)CNS(=O)(=O)c1c(C)cc(C)cc1C. The monoisotopic (exact) mass is 376 g/mol. The maximum Gasteiger partial charge on any atom is 0.241 e. The summed E-state index contributed by atoms with van der Waals surface area (Å²) in [4.78, 5) is 12.3. The van der Waals surface area contributed by atoms with Gasteiger partial charge in [0.2, 0.25) is 15.9 Å². The number of rotatable bonds is 7. The average molecular weight is 376 g/mol. The van der Waals surface area contributed by atoms with Crippen LogP contribution in [-0.4, -0.2) is 28.0 Å². The van der Waals surface area contributed by atoms with E-state index in [1.807, 2.05) is 37.3 Å². The molecule has 0 saturated heterocycles. The third-order valence-electron chi connectivity index (χ3n) is 3.96. The second-order valence-corrected chi connectivity index (χ2v) is 7.84. The zero-order valence-electron chi connectivity index (χ0n) is 15.4. The fraction of sp³-hybridized carbons (Fsp3) is 0.316. The molecule has 26 heavy (non-hydrogen) atoms. The van der Waals surface area contributed by atoms with E-state index in [9.17, 15) is 13.2 Å². The van der Waals surface area contributed by atoms with Gasteiger partial charge < -0.3 is 10.1 Å². The van der Waals surface area contributed by atoms with E-state index in [0.717, 1.165) is 11.1 Å². The number of aryl methyl sites for hydroxylation is 3. The van der Waals surface area contributed by atoms with Gasteiger partial charge in [0.15, 0.2) is 0 Å². The lowest BCUT2D eigenvalue weighted by Crippen LogP contribution is -2.37. The summed E-state index contributed by atoms with van der Waals surface area (Å²) in [5.74, 6) is 0.251. The highest BCUT2D eigenvalue weighted by Crippen LogP contribution is 2.21. The fourth-order valence-electron chi connectivity index (χ4n) is 2.93. The van der Waals surface area contributed by atoms with Crippen molar-refractivity contribution in [3.8, 4) is 5.75 Å². The minimum absolute atomic E-state index is 0.223. The normalized spacial score (nSPS) is 11.2. The van der Waals surface area contributed by atoms with Gasteiger partial charge in [0.1, 0.15) is 5.75 Å². The first-order valence-corrected chi connectivity index (χ1v) is 9.69.